The van der Waals surface area contributed by atoms with Crippen molar-refractivity contribution in [2.45, 2.75) is 38.6 Å². The third-order valence-electron chi connectivity index (χ3n) is 6.20. The van der Waals surface area contributed by atoms with Gasteiger partial charge in [0.05, 0.1) is 19.1 Å². The van der Waals surface area contributed by atoms with Gasteiger partial charge in [-0.2, -0.15) is 0 Å². The number of esters is 2. The largest absolute Gasteiger partial charge is 0.427 e. The maximum Gasteiger partial charge on any atom is 0.358 e. The standard InChI is InChI=1S/C24H28N6O9S2/c1-24(2,3)22(35)39-10-38-21(34)16-12(7-11-5-6-29(37-4)18(11)32)8-40-20-15(19(33)30(16)20)27-17(31)14(28-36)13-9-41-23(25)26-13/h7,9,15,20,36H,5-6,8,10H2,1-4H3,(H2,25,26)(H,27,31). The lowest BCUT2D eigenvalue weighted by molar-refractivity contribution is -0.173. The van der Waals surface area contributed by atoms with Crippen molar-refractivity contribution in [3.8, 4) is 0 Å². The molecule has 1 aromatic heterocycles. The zero-order chi connectivity index (χ0) is 30.1. The number of nitrogens with zero attached hydrogens (tertiary/aromatic N) is 4. The van der Waals surface area contributed by atoms with Gasteiger partial charge in [0.25, 0.3) is 17.7 Å². The van der Waals surface area contributed by atoms with Crippen LogP contribution in [0.4, 0.5) is 5.13 Å². The highest BCUT2D eigenvalue weighted by molar-refractivity contribution is 8.00. The number of fused-ring (bicyclic) bond motifs is 1. The lowest BCUT2D eigenvalue weighted by Crippen LogP contribution is -2.71. The highest BCUT2D eigenvalue weighted by Gasteiger charge is 2.54. The molecule has 4 rings (SSSR count). The van der Waals surface area contributed by atoms with E-state index in [-0.39, 0.29) is 28.2 Å². The van der Waals surface area contributed by atoms with Gasteiger partial charge in [0.2, 0.25) is 6.79 Å². The molecule has 3 amide bonds. The highest BCUT2D eigenvalue weighted by Crippen LogP contribution is 2.41. The van der Waals surface area contributed by atoms with Crippen LogP contribution < -0.4 is 11.1 Å². The molecular formula is C24H28N6O9S2. The molecule has 3 aliphatic rings. The third-order valence-corrected chi connectivity index (χ3v) is 8.18. The fourth-order valence-corrected chi connectivity index (χ4v) is 5.95. The molecule has 4 N–H and O–H groups in total. The fraction of sp³-hybridized carbons (Fsp3) is 0.458. The molecule has 41 heavy (non-hydrogen) atoms. The van der Waals surface area contributed by atoms with Crippen LogP contribution in [-0.2, 0) is 38.3 Å². The SMILES string of the molecule is CON1CCC(=CC2=C(C(=O)OCOC(=O)C(C)(C)C)N3C(=O)C(NC(=O)C(=NO)c4csc(N)n4)C3SC2)C1=O. The number of carbonyl (C=O) groups excluding carboxylic acids is 5. The van der Waals surface area contributed by atoms with Crippen molar-refractivity contribution < 1.29 is 43.5 Å². The molecule has 0 saturated carbocycles. The van der Waals surface area contributed by atoms with Crippen molar-refractivity contribution in [3.05, 3.63) is 34.0 Å². The summed E-state index contributed by atoms with van der Waals surface area (Å²) in [5.41, 5.74) is 4.93. The summed E-state index contributed by atoms with van der Waals surface area (Å²) in [6.07, 6.45) is 1.87. The first-order valence-electron chi connectivity index (χ1n) is 12.2. The van der Waals surface area contributed by atoms with Gasteiger partial charge in [-0.15, -0.1) is 23.1 Å². The number of anilines is 1. The average Bonchev–Trinajstić information content (AvgIpc) is 3.51. The van der Waals surface area contributed by atoms with Crippen LogP contribution in [0.1, 0.15) is 32.9 Å². The van der Waals surface area contributed by atoms with Gasteiger partial charge in [-0.25, -0.2) is 14.8 Å². The minimum atomic E-state index is -1.08. The first-order chi connectivity index (χ1) is 19.4. The zero-order valence-electron chi connectivity index (χ0n) is 22.5. The van der Waals surface area contributed by atoms with Crippen LogP contribution in [0.3, 0.4) is 0 Å². The molecule has 0 aromatic carbocycles. The topological polar surface area (TPSA) is 203 Å². The number of thiazole rings is 1. The van der Waals surface area contributed by atoms with Gasteiger partial charge in [-0.1, -0.05) is 5.16 Å². The Hall–Kier alpha value is -3.96. The maximum atomic E-state index is 13.3. The number of allylic oxidation sites excluding steroid dienone is 1. The van der Waals surface area contributed by atoms with E-state index >= 15 is 0 Å². The van der Waals surface area contributed by atoms with Gasteiger partial charge in [0.1, 0.15) is 22.8 Å². The lowest BCUT2D eigenvalue weighted by Gasteiger charge is -2.49. The number of carbonyl (C=O) groups is 5. The lowest BCUT2D eigenvalue weighted by atomic mass is 9.98. The molecule has 2 atom stereocenters. The minimum absolute atomic E-state index is 0.0293. The van der Waals surface area contributed by atoms with Gasteiger partial charge in [0.15, 0.2) is 10.8 Å². The van der Waals surface area contributed by atoms with Crippen LogP contribution in [0.2, 0.25) is 0 Å². The van der Waals surface area contributed by atoms with Gasteiger partial charge < -0.3 is 25.7 Å². The molecule has 0 radical (unpaired) electrons. The second-order valence-corrected chi connectivity index (χ2v) is 12.0. The van der Waals surface area contributed by atoms with Gasteiger partial charge in [-0.05, 0) is 38.8 Å². The predicted molar refractivity (Wildman–Crippen MR) is 145 cm³/mol. The Kier molecular flexibility index (Phi) is 8.69. The van der Waals surface area contributed by atoms with Gasteiger partial charge >= 0.3 is 11.9 Å². The summed E-state index contributed by atoms with van der Waals surface area (Å²) in [6, 6.07) is -1.08. The quantitative estimate of drug-likeness (QED) is 0.0697. The molecule has 0 bridgehead atoms. The number of nitrogen functional groups attached to an aromatic ring is 1. The van der Waals surface area contributed by atoms with E-state index in [1.54, 1.807) is 20.8 Å². The Balaban J connectivity index is 1.56. The average molecular weight is 609 g/mol. The molecular weight excluding hydrogens is 580 g/mol. The summed E-state index contributed by atoms with van der Waals surface area (Å²) < 4.78 is 10.2. The molecule has 15 nitrogen and oxygen atoms in total. The molecule has 0 aliphatic carbocycles. The van der Waals surface area contributed by atoms with Crippen LogP contribution in [0.25, 0.3) is 0 Å². The second kappa shape index (κ2) is 11.9. The molecule has 17 heteroatoms. The Morgan fingerprint density at radius 3 is 2.61 bits per heavy atom. The number of ether oxygens (including phenoxy) is 2. The number of nitrogens with one attached hydrogen (secondary N) is 1. The molecule has 220 valence electrons. The van der Waals surface area contributed by atoms with Crippen molar-refractivity contribution in [1.82, 2.24) is 20.3 Å². The third kappa shape index (κ3) is 6.06. The van der Waals surface area contributed by atoms with E-state index in [1.165, 1.54) is 35.4 Å². The first-order valence-corrected chi connectivity index (χ1v) is 14.1. The predicted octanol–water partition coefficient (Wildman–Crippen LogP) is 0.368. The molecule has 0 spiro atoms. The summed E-state index contributed by atoms with van der Waals surface area (Å²) >= 11 is 2.28. The summed E-state index contributed by atoms with van der Waals surface area (Å²) in [7, 11) is 1.37. The highest BCUT2D eigenvalue weighted by atomic mass is 32.2. The second-order valence-electron chi connectivity index (χ2n) is 10.00. The number of hydrogen-bond donors (Lipinski definition) is 3. The Bertz CT molecular complexity index is 1380. The summed E-state index contributed by atoms with van der Waals surface area (Å²) in [6.45, 7) is 4.55. The fourth-order valence-electron chi connectivity index (χ4n) is 4.09. The number of hydrogen-bond acceptors (Lipinski definition) is 14. The Morgan fingerprint density at radius 1 is 1.29 bits per heavy atom. The number of rotatable bonds is 8. The number of thioether (sulfide) groups is 1. The maximum absolute atomic E-state index is 13.3. The Morgan fingerprint density at radius 2 is 2.02 bits per heavy atom. The molecule has 3 aliphatic heterocycles. The van der Waals surface area contributed by atoms with Gasteiger partial charge in [0, 0.05) is 16.7 Å². The van der Waals surface area contributed by atoms with E-state index in [1.807, 2.05) is 0 Å². The van der Waals surface area contributed by atoms with E-state index in [0.29, 0.717) is 24.1 Å². The van der Waals surface area contributed by atoms with Crippen molar-refractivity contribution >= 4 is 63.6 Å². The van der Waals surface area contributed by atoms with Crippen molar-refractivity contribution in [2.75, 3.05) is 31.9 Å². The molecule has 2 unspecified atom stereocenters. The van der Waals surface area contributed by atoms with Crippen molar-refractivity contribution in [1.29, 1.82) is 0 Å². The summed E-state index contributed by atoms with van der Waals surface area (Å²) in [4.78, 5) is 74.1. The van der Waals surface area contributed by atoms with E-state index in [9.17, 15) is 29.2 Å². The first kappa shape index (κ1) is 30.0. The molecule has 2 saturated heterocycles. The number of oxime groups is 1. The van der Waals surface area contributed by atoms with Crippen molar-refractivity contribution in [3.63, 3.8) is 0 Å². The van der Waals surface area contributed by atoms with Crippen LogP contribution in [0, 0.1) is 5.41 Å². The molecule has 4 heterocycles. The van der Waals surface area contributed by atoms with E-state index in [0.717, 1.165) is 16.2 Å². The van der Waals surface area contributed by atoms with E-state index in [4.69, 9.17) is 20.0 Å². The monoisotopic (exact) mass is 608 g/mol. The number of amides is 3. The summed E-state index contributed by atoms with van der Waals surface area (Å²) in [5, 5.41) is 16.9. The normalized spacial score (nSPS) is 22.0. The number of hydroxylamine groups is 2. The zero-order valence-corrected chi connectivity index (χ0v) is 24.2. The van der Waals surface area contributed by atoms with Crippen molar-refractivity contribution in [2.24, 2.45) is 10.6 Å². The number of nitrogens with two attached hydrogens (primary N) is 1. The molecule has 2 fully saturated rings. The van der Waals surface area contributed by atoms with Crippen LogP contribution in [0.5, 0.6) is 0 Å². The van der Waals surface area contributed by atoms with E-state index in [2.05, 4.69) is 15.5 Å². The van der Waals surface area contributed by atoms with E-state index < -0.39 is 53.1 Å². The van der Waals surface area contributed by atoms with Crippen LogP contribution in [-0.4, -0.2) is 93.1 Å². The minimum Gasteiger partial charge on any atom is -0.427 e. The smallest absolute Gasteiger partial charge is 0.358 e. The van der Waals surface area contributed by atoms with Crippen LogP contribution in [0.15, 0.2) is 33.5 Å². The molecule has 1 aromatic rings. The van der Waals surface area contributed by atoms with Crippen LogP contribution >= 0.6 is 23.1 Å². The number of aromatic nitrogens is 1. The van der Waals surface area contributed by atoms with Gasteiger partial charge in [-0.3, -0.25) is 28.9 Å². The number of β-lactam (4-membered cyclic amide) rings is 1. The Labute approximate surface area is 242 Å². The summed E-state index contributed by atoms with van der Waals surface area (Å²) in [5.74, 6) is -3.26.